The maximum absolute atomic E-state index is 10.9. The molecule has 1 saturated carbocycles. The molecule has 2 aliphatic rings. The topological polar surface area (TPSA) is 55.8 Å². The van der Waals surface area contributed by atoms with E-state index in [1.54, 1.807) is 0 Å². The number of ether oxygens (including phenoxy) is 2. The van der Waals surface area contributed by atoms with Crippen LogP contribution in [0.3, 0.4) is 0 Å². The van der Waals surface area contributed by atoms with Crippen LogP contribution in [0.15, 0.2) is 0 Å². The zero-order chi connectivity index (χ0) is 9.47. The molecule has 1 N–H and O–H groups in total. The lowest BCUT2D eigenvalue weighted by molar-refractivity contribution is -0.201. The molecule has 0 amide bonds. The highest BCUT2D eigenvalue weighted by Gasteiger charge is 2.53. The number of aliphatic carboxylic acids is 1. The maximum atomic E-state index is 10.9. The number of hydrogen-bond donors (Lipinski definition) is 1. The van der Waals surface area contributed by atoms with Gasteiger partial charge in [-0.15, -0.1) is 0 Å². The van der Waals surface area contributed by atoms with Gasteiger partial charge in [0.05, 0.1) is 12.7 Å². The minimum atomic E-state index is -0.800. The molecule has 0 aromatic carbocycles. The molecule has 2 rings (SSSR count). The molecule has 0 bridgehead atoms. The number of carbonyl (C=O) groups is 1. The van der Waals surface area contributed by atoms with Crippen molar-refractivity contribution in [3.8, 4) is 0 Å². The maximum Gasteiger partial charge on any atom is 0.311 e. The van der Waals surface area contributed by atoms with Crippen molar-refractivity contribution in [2.75, 3.05) is 6.61 Å². The summed E-state index contributed by atoms with van der Waals surface area (Å²) in [6.45, 7) is 2.43. The van der Waals surface area contributed by atoms with Crippen molar-refractivity contribution in [1.29, 1.82) is 0 Å². The molecule has 13 heavy (non-hydrogen) atoms. The molecule has 4 nitrogen and oxygen atoms in total. The van der Waals surface area contributed by atoms with Crippen LogP contribution in [0.1, 0.15) is 26.2 Å². The Labute approximate surface area is 76.8 Å². The van der Waals surface area contributed by atoms with Gasteiger partial charge in [0.25, 0.3) is 0 Å². The largest absolute Gasteiger partial charge is 0.481 e. The van der Waals surface area contributed by atoms with Crippen molar-refractivity contribution >= 4 is 5.97 Å². The molecule has 1 heterocycles. The third kappa shape index (κ3) is 1.34. The second kappa shape index (κ2) is 2.96. The van der Waals surface area contributed by atoms with Crippen LogP contribution in [0.2, 0.25) is 0 Å². The first-order chi connectivity index (χ1) is 6.14. The summed E-state index contributed by atoms with van der Waals surface area (Å²) >= 11 is 0. The van der Waals surface area contributed by atoms with Crippen LogP contribution >= 0.6 is 0 Å². The van der Waals surface area contributed by atoms with Crippen LogP contribution in [0, 0.1) is 5.92 Å². The second-order valence-electron chi connectivity index (χ2n) is 3.83. The zero-order valence-corrected chi connectivity index (χ0v) is 7.66. The molecule has 0 aromatic rings. The smallest absolute Gasteiger partial charge is 0.311 e. The monoisotopic (exact) mass is 186 g/mol. The summed E-state index contributed by atoms with van der Waals surface area (Å²) in [4.78, 5) is 10.9. The van der Waals surface area contributed by atoms with Crippen LogP contribution in [0.25, 0.3) is 0 Å². The van der Waals surface area contributed by atoms with Gasteiger partial charge in [0.2, 0.25) is 0 Å². The van der Waals surface area contributed by atoms with Gasteiger partial charge in [-0.1, -0.05) is 0 Å². The molecule has 2 fully saturated rings. The van der Waals surface area contributed by atoms with Crippen LogP contribution in [-0.2, 0) is 14.3 Å². The van der Waals surface area contributed by atoms with E-state index in [4.69, 9.17) is 14.6 Å². The van der Waals surface area contributed by atoms with E-state index in [0.29, 0.717) is 19.4 Å². The molecule has 74 valence electrons. The van der Waals surface area contributed by atoms with Crippen molar-refractivity contribution in [3.05, 3.63) is 0 Å². The van der Waals surface area contributed by atoms with Crippen LogP contribution in [-0.4, -0.2) is 29.6 Å². The van der Waals surface area contributed by atoms with Gasteiger partial charge in [0.1, 0.15) is 5.92 Å². The minimum Gasteiger partial charge on any atom is -0.481 e. The van der Waals surface area contributed by atoms with E-state index in [1.807, 2.05) is 6.92 Å². The minimum absolute atomic E-state index is 0.0277. The summed E-state index contributed by atoms with van der Waals surface area (Å²) < 4.78 is 11.1. The molecule has 1 aliphatic heterocycles. The van der Waals surface area contributed by atoms with Crippen molar-refractivity contribution in [2.24, 2.45) is 5.92 Å². The summed E-state index contributed by atoms with van der Waals surface area (Å²) in [6.07, 6.45) is 2.29. The van der Waals surface area contributed by atoms with Crippen molar-refractivity contribution in [1.82, 2.24) is 0 Å². The fraction of sp³-hybridized carbons (Fsp3) is 0.889. The van der Waals surface area contributed by atoms with Gasteiger partial charge in [-0.3, -0.25) is 4.79 Å². The normalized spacial score (nSPS) is 44.4. The second-order valence-corrected chi connectivity index (χ2v) is 3.83. The average molecular weight is 186 g/mol. The van der Waals surface area contributed by atoms with Crippen LogP contribution in [0.4, 0.5) is 0 Å². The molecule has 1 spiro atoms. The van der Waals surface area contributed by atoms with Gasteiger partial charge in [0, 0.05) is 6.42 Å². The van der Waals surface area contributed by atoms with Crippen molar-refractivity contribution in [2.45, 2.75) is 38.1 Å². The molecule has 1 aliphatic carbocycles. The Morgan fingerprint density at radius 2 is 2.38 bits per heavy atom. The molecule has 3 unspecified atom stereocenters. The molecule has 3 atom stereocenters. The third-order valence-electron chi connectivity index (χ3n) is 2.81. The number of carboxylic acids is 1. The van der Waals surface area contributed by atoms with Gasteiger partial charge >= 0.3 is 5.97 Å². The van der Waals surface area contributed by atoms with E-state index >= 15 is 0 Å². The van der Waals surface area contributed by atoms with E-state index in [2.05, 4.69) is 0 Å². The molecule has 1 saturated heterocycles. The van der Waals surface area contributed by atoms with E-state index in [1.165, 1.54) is 0 Å². The summed E-state index contributed by atoms with van der Waals surface area (Å²) in [5.74, 6) is -2.07. The SMILES string of the molecule is CC1COC2(CCCC2C(=O)O)O1. The number of rotatable bonds is 1. The summed E-state index contributed by atoms with van der Waals surface area (Å²) in [5.41, 5.74) is 0. The zero-order valence-electron chi connectivity index (χ0n) is 7.66. The first kappa shape index (κ1) is 8.97. The Kier molecular flexibility index (Phi) is 2.04. The summed E-state index contributed by atoms with van der Waals surface area (Å²) in [7, 11) is 0. The van der Waals surface area contributed by atoms with E-state index in [0.717, 1.165) is 6.42 Å². The Hall–Kier alpha value is -0.610. The van der Waals surface area contributed by atoms with Crippen LogP contribution in [0.5, 0.6) is 0 Å². The quantitative estimate of drug-likeness (QED) is 0.663. The standard InChI is InChI=1S/C9H14O4/c1-6-5-12-9(13-6)4-2-3-7(9)8(10)11/h6-7H,2-5H2,1H3,(H,10,11). The Morgan fingerprint density at radius 1 is 1.62 bits per heavy atom. The molecular weight excluding hydrogens is 172 g/mol. The summed E-state index contributed by atoms with van der Waals surface area (Å²) in [6, 6.07) is 0. The highest BCUT2D eigenvalue weighted by Crippen LogP contribution is 2.43. The molecule has 4 heteroatoms. The predicted octanol–water partition coefficient (Wildman–Crippen LogP) is 1.00. The first-order valence-corrected chi connectivity index (χ1v) is 4.69. The molecule has 0 radical (unpaired) electrons. The number of hydrogen-bond acceptors (Lipinski definition) is 3. The predicted molar refractivity (Wildman–Crippen MR) is 44.2 cm³/mol. The Balaban J connectivity index is 2.16. The van der Waals surface area contributed by atoms with E-state index in [9.17, 15) is 4.79 Å². The van der Waals surface area contributed by atoms with Crippen LogP contribution < -0.4 is 0 Å². The van der Waals surface area contributed by atoms with Gasteiger partial charge in [-0.05, 0) is 19.8 Å². The lowest BCUT2D eigenvalue weighted by Crippen LogP contribution is -2.39. The molecule has 0 aromatic heterocycles. The number of carboxylic acid groups (broad SMARTS) is 1. The highest BCUT2D eigenvalue weighted by atomic mass is 16.7. The Morgan fingerprint density at radius 3 is 2.92 bits per heavy atom. The van der Waals surface area contributed by atoms with Gasteiger partial charge < -0.3 is 14.6 Å². The highest BCUT2D eigenvalue weighted by molar-refractivity contribution is 5.71. The van der Waals surface area contributed by atoms with Gasteiger partial charge in [-0.25, -0.2) is 0 Å². The van der Waals surface area contributed by atoms with E-state index in [-0.39, 0.29) is 6.10 Å². The lowest BCUT2D eigenvalue weighted by Gasteiger charge is -2.26. The summed E-state index contributed by atoms with van der Waals surface area (Å²) in [5, 5.41) is 8.97. The van der Waals surface area contributed by atoms with Gasteiger partial charge in [-0.2, -0.15) is 0 Å². The first-order valence-electron chi connectivity index (χ1n) is 4.69. The Bertz CT molecular complexity index is 228. The molecular formula is C9H14O4. The third-order valence-corrected chi connectivity index (χ3v) is 2.81. The van der Waals surface area contributed by atoms with Crippen molar-refractivity contribution in [3.63, 3.8) is 0 Å². The van der Waals surface area contributed by atoms with Crippen molar-refractivity contribution < 1.29 is 19.4 Å². The van der Waals surface area contributed by atoms with E-state index < -0.39 is 17.7 Å². The fourth-order valence-electron chi connectivity index (χ4n) is 2.24. The fourth-order valence-corrected chi connectivity index (χ4v) is 2.24. The van der Waals surface area contributed by atoms with Gasteiger partial charge in [0.15, 0.2) is 5.79 Å². The lowest BCUT2D eigenvalue weighted by atomic mass is 10.0. The average Bonchev–Trinajstić information content (AvgIpc) is 2.60.